The molecular formula is C13H13ClN2. The van der Waals surface area contributed by atoms with Crippen LogP contribution in [0.2, 0.25) is 5.02 Å². The van der Waals surface area contributed by atoms with Gasteiger partial charge in [-0.3, -0.25) is 0 Å². The van der Waals surface area contributed by atoms with Crippen LogP contribution < -0.4 is 5.32 Å². The Morgan fingerprint density at radius 1 is 1.38 bits per heavy atom. The maximum atomic E-state index is 8.99. The van der Waals surface area contributed by atoms with E-state index in [0.717, 1.165) is 24.9 Å². The zero-order chi connectivity index (χ0) is 11.4. The number of nitrogens with zero attached hydrogens (tertiary/aromatic N) is 1. The molecule has 0 heterocycles. The highest BCUT2D eigenvalue weighted by Gasteiger charge is 2.11. The summed E-state index contributed by atoms with van der Waals surface area (Å²) in [6, 6.07) is 7.90. The van der Waals surface area contributed by atoms with Gasteiger partial charge in [-0.2, -0.15) is 5.26 Å². The van der Waals surface area contributed by atoms with Crippen LogP contribution in [0.4, 0.5) is 5.69 Å². The topological polar surface area (TPSA) is 35.8 Å². The third-order valence-corrected chi connectivity index (χ3v) is 2.97. The van der Waals surface area contributed by atoms with E-state index >= 15 is 0 Å². The number of anilines is 1. The Hall–Kier alpha value is -1.46. The fraction of sp³-hybridized carbons (Fsp3) is 0.308. The fourth-order valence-corrected chi connectivity index (χ4v) is 2.05. The molecule has 16 heavy (non-hydrogen) atoms. The Labute approximate surface area is 101 Å². The van der Waals surface area contributed by atoms with Gasteiger partial charge in [-0.15, -0.1) is 0 Å². The summed E-state index contributed by atoms with van der Waals surface area (Å²) in [7, 11) is 0. The lowest BCUT2D eigenvalue weighted by molar-refractivity contribution is 0.644. The van der Waals surface area contributed by atoms with Crippen molar-refractivity contribution < 1.29 is 0 Å². The van der Waals surface area contributed by atoms with E-state index in [2.05, 4.69) is 23.5 Å². The van der Waals surface area contributed by atoms with Crippen molar-refractivity contribution in [1.29, 1.82) is 5.26 Å². The van der Waals surface area contributed by atoms with Crippen LogP contribution in [0.15, 0.2) is 30.4 Å². The van der Waals surface area contributed by atoms with Crippen molar-refractivity contribution >= 4 is 17.3 Å². The van der Waals surface area contributed by atoms with E-state index < -0.39 is 0 Å². The molecule has 0 spiro atoms. The maximum Gasteiger partial charge on any atom is 0.101 e. The Bertz CT molecular complexity index is 446. The fourth-order valence-electron chi connectivity index (χ4n) is 1.88. The van der Waals surface area contributed by atoms with Gasteiger partial charge in [0.1, 0.15) is 6.07 Å². The first-order valence-corrected chi connectivity index (χ1v) is 5.78. The molecule has 0 fully saturated rings. The number of rotatable bonds is 2. The monoisotopic (exact) mass is 232 g/mol. The Kier molecular flexibility index (Phi) is 3.48. The third kappa shape index (κ3) is 2.56. The predicted octanol–water partition coefficient (Wildman–Crippen LogP) is 3.73. The molecular weight excluding hydrogens is 220 g/mol. The molecule has 1 aromatic carbocycles. The first kappa shape index (κ1) is 11.0. The molecule has 0 saturated carbocycles. The summed E-state index contributed by atoms with van der Waals surface area (Å²) in [6.45, 7) is 0. The van der Waals surface area contributed by atoms with Crippen molar-refractivity contribution in [3.05, 3.63) is 40.9 Å². The summed E-state index contributed by atoms with van der Waals surface area (Å²) in [5.41, 5.74) is 1.49. The number of nitriles is 1. The summed E-state index contributed by atoms with van der Waals surface area (Å²) >= 11 is 5.93. The number of benzene rings is 1. The average Bonchev–Trinajstić information content (AvgIpc) is 2.31. The van der Waals surface area contributed by atoms with Gasteiger partial charge in [-0.1, -0.05) is 23.8 Å². The second-order valence-corrected chi connectivity index (χ2v) is 4.36. The molecule has 0 aliphatic heterocycles. The van der Waals surface area contributed by atoms with Crippen molar-refractivity contribution in [3.63, 3.8) is 0 Å². The number of halogens is 1. The van der Waals surface area contributed by atoms with Crippen molar-refractivity contribution in [2.75, 3.05) is 5.32 Å². The molecule has 3 heteroatoms. The number of hydrogen-bond acceptors (Lipinski definition) is 2. The first-order valence-electron chi connectivity index (χ1n) is 5.41. The van der Waals surface area contributed by atoms with Crippen molar-refractivity contribution in [2.24, 2.45) is 0 Å². The molecule has 1 unspecified atom stereocenters. The van der Waals surface area contributed by atoms with Crippen LogP contribution in [0, 0.1) is 11.3 Å². The van der Waals surface area contributed by atoms with Gasteiger partial charge in [-0.05, 0) is 37.5 Å². The van der Waals surface area contributed by atoms with Crippen molar-refractivity contribution in [2.45, 2.75) is 25.3 Å². The molecule has 1 aliphatic carbocycles. The molecule has 1 atom stereocenters. The van der Waals surface area contributed by atoms with Crippen LogP contribution in [-0.4, -0.2) is 6.04 Å². The number of allylic oxidation sites excluding steroid dienone is 1. The summed E-state index contributed by atoms with van der Waals surface area (Å²) in [5, 5.41) is 13.0. The molecule has 0 bridgehead atoms. The lowest BCUT2D eigenvalue weighted by atomic mass is 10.0. The molecule has 1 aliphatic rings. The van der Waals surface area contributed by atoms with E-state index in [1.807, 2.05) is 6.07 Å². The van der Waals surface area contributed by atoms with E-state index in [1.54, 1.807) is 12.1 Å². The molecule has 0 aromatic heterocycles. The summed E-state index contributed by atoms with van der Waals surface area (Å²) < 4.78 is 0. The maximum absolute atomic E-state index is 8.99. The average molecular weight is 233 g/mol. The zero-order valence-electron chi connectivity index (χ0n) is 8.91. The van der Waals surface area contributed by atoms with Gasteiger partial charge in [0.15, 0.2) is 0 Å². The first-order chi connectivity index (χ1) is 7.79. The van der Waals surface area contributed by atoms with Crippen LogP contribution in [0.1, 0.15) is 24.8 Å². The minimum Gasteiger partial charge on any atom is -0.381 e. The number of nitrogens with one attached hydrogen (secondary N) is 1. The normalized spacial score (nSPS) is 19.1. The highest BCUT2D eigenvalue weighted by Crippen LogP contribution is 2.23. The van der Waals surface area contributed by atoms with Gasteiger partial charge >= 0.3 is 0 Å². The lowest BCUT2D eigenvalue weighted by Crippen LogP contribution is -2.20. The van der Waals surface area contributed by atoms with Crippen LogP contribution in [0.25, 0.3) is 0 Å². The van der Waals surface area contributed by atoms with Gasteiger partial charge < -0.3 is 5.32 Å². The zero-order valence-corrected chi connectivity index (χ0v) is 9.67. The van der Waals surface area contributed by atoms with E-state index in [-0.39, 0.29) is 0 Å². The van der Waals surface area contributed by atoms with E-state index in [0.29, 0.717) is 16.6 Å². The second kappa shape index (κ2) is 5.05. The Balaban J connectivity index is 2.16. The van der Waals surface area contributed by atoms with E-state index in [4.69, 9.17) is 16.9 Å². The van der Waals surface area contributed by atoms with E-state index in [1.165, 1.54) is 0 Å². The molecule has 2 rings (SSSR count). The second-order valence-electron chi connectivity index (χ2n) is 3.93. The standard InChI is InChI=1S/C13H13ClN2/c14-11-7-6-10(9-15)13(8-11)16-12-4-2-1-3-5-12/h1-2,6-8,12,16H,3-5H2. The lowest BCUT2D eigenvalue weighted by Gasteiger charge is -2.21. The van der Waals surface area contributed by atoms with Crippen LogP contribution in [-0.2, 0) is 0 Å². The van der Waals surface area contributed by atoms with Gasteiger partial charge in [0.25, 0.3) is 0 Å². The Morgan fingerprint density at radius 2 is 2.25 bits per heavy atom. The molecule has 82 valence electrons. The smallest absolute Gasteiger partial charge is 0.101 e. The van der Waals surface area contributed by atoms with Crippen LogP contribution in [0.3, 0.4) is 0 Å². The van der Waals surface area contributed by atoms with Crippen LogP contribution >= 0.6 is 11.6 Å². The molecule has 0 saturated heterocycles. The molecule has 0 radical (unpaired) electrons. The van der Waals surface area contributed by atoms with Gasteiger partial charge in [0.2, 0.25) is 0 Å². The molecule has 2 nitrogen and oxygen atoms in total. The molecule has 0 amide bonds. The van der Waals surface area contributed by atoms with Gasteiger partial charge in [-0.25, -0.2) is 0 Å². The van der Waals surface area contributed by atoms with Gasteiger partial charge in [0, 0.05) is 11.1 Å². The predicted molar refractivity (Wildman–Crippen MR) is 66.6 cm³/mol. The van der Waals surface area contributed by atoms with Gasteiger partial charge in [0.05, 0.1) is 11.3 Å². The highest BCUT2D eigenvalue weighted by atomic mass is 35.5. The van der Waals surface area contributed by atoms with Crippen molar-refractivity contribution in [1.82, 2.24) is 0 Å². The minimum atomic E-state index is 0.413. The quantitative estimate of drug-likeness (QED) is 0.789. The summed E-state index contributed by atoms with van der Waals surface area (Å²) in [5.74, 6) is 0. The largest absolute Gasteiger partial charge is 0.381 e. The van der Waals surface area contributed by atoms with E-state index in [9.17, 15) is 0 Å². The third-order valence-electron chi connectivity index (χ3n) is 2.73. The summed E-state index contributed by atoms with van der Waals surface area (Å²) in [4.78, 5) is 0. The SMILES string of the molecule is N#Cc1ccc(Cl)cc1NC1CC=CCC1. The highest BCUT2D eigenvalue weighted by molar-refractivity contribution is 6.30. The van der Waals surface area contributed by atoms with Crippen molar-refractivity contribution in [3.8, 4) is 6.07 Å². The minimum absolute atomic E-state index is 0.413. The van der Waals surface area contributed by atoms with Crippen LogP contribution in [0.5, 0.6) is 0 Å². The number of hydrogen-bond donors (Lipinski definition) is 1. The Morgan fingerprint density at radius 3 is 2.94 bits per heavy atom. The molecule has 1 N–H and O–H groups in total. The molecule has 1 aromatic rings. The summed E-state index contributed by atoms with van der Waals surface area (Å²) in [6.07, 6.45) is 7.59.